The zero-order valence-electron chi connectivity index (χ0n) is 14.0. The minimum atomic E-state index is -0.653. The first-order chi connectivity index (χ1) is 10.3. The Morgan fingerprint density at radius 1 is 1.32 bits per heavy atom. The van der Waals surface area contributed by atoms with Crippen LogP contribution in [0.2, 0.25) is 0 Å². The number of amides is 1. The third kappa shape index (κ3) is 4.20. The molecule has 0 bridgehead atoms. The molecule has 1 amide bonds. The Hall–Kier alpha value is -1.61. The molecular formula is C19H27NO2. The van der Waals surface area contributed by atoms with Crippen LogP contribution in [-0.2, 0) is 6.42 Å². The normalized spacial score (nSPS) is 18.3. The Kier molecular flexibility index (Phi) is 5.07. The third-order valence-electron chi connectivity index (χ3n) is 4.17. The van der Waals surface area contributed by atoms with E-state index in [4.69, 9.17) is 0 Å². The number of carbonyl (C=O) groups is 1. The molecule has 0 aromatic heterocycles. The number of aliphatic hydroxyl groups is 1. The van der Waals surface area contributed by atoms with Crippen molar-refractivity contribution in [2.75, 3.05) is 6.54 Å². The summed E-state index contributed by atoms with van der Waals surface area (Å²) in [5.74, 6) is 0.520. The Morgan fingerprint density at radius 3 is 2.50 bits per heavy atom. The summed E-state index contributed by atoms with van der Waals surface area (Å²) in [6, 6.07) is 7.98. The lowest BCUT2D eigenvalue weighted by Gasteiger charge is -2.27. The molecule has 1 aromatic carbocycles. The van der Waals surface area contributed by atoms with E-state index in [1.54, 1.807) is 0 Å². The molecular weight excluding hydrogens is 274 g/mol. The van der Waals surface area contributed by atoms with Gasteiger partial charge < -0.3 is 10.0 Å². The largest absolute Gasteiger partial charge is 0.390 e. The van der Waals surface area contributed by atoms with Gasteiger partial charge in [-0.05, 0) is 50.3 Å². The van der Waals surface area contributed by atoms with Crippen LogP contribution in [0, 0.1) is 5.92 Å². The van der Waals surface area contributed by atoms with E-state index in [0.717, 1.165) is 17.5 Å². The number of hydrogen-bond acceptors (Lipinski definition) is 2. The average molecular weight is 301 g/mol. The van der Waals surface area contributed by atoms with Crippen molar-refractivity contribution in [2.24, 2.45) is 5.92 Å². The van der Waals surface area contributed by atoms with Gasteiger partial charge in [-0.2, -0.15) is 0 Å². The third-order valence-corrected chi connectivity index (χ3v) is 4.17. The first-order valence-corrected chi connectivity index (χ1v) is 8.07. The summed E-state index contributed by atoms with van der Waals surface area (Å²) >= 11 is 0. The Balaban J connectivity index is 2.02. The number of hydrogen-bond donors (Lipinski definition) is 1. The molecule has 1 aliphatic heterocycles. The average Bonchev–Trinajstić information content (AvgIpc) is 2.94. The highest BCUT2D eigenvalue weighted by molar-refractivity contribution is 5.95. The van der Waals surface area contributed by atoms with Gasteiger partial charge in [0.2, 0.25) is 0 Å². The maximum absolute atomic E-state index is 12.6. The van der Waals surface area contributed by atoms with Crippen LogP contribution in [0.4, 0.5) is 0 Å². The van der Waals surface area contributed by atoms with Crippen molar-refractivity contribution in [3.63, 3.8) is 0 Å². The fourth-order valence-electron chi connectivity index (χ4n) is 2.77. The fraction of sp³-hybridized carbons (Fsp3) is 0.526. The van der Waals surface area contributed by atoms with Crippen molar-refractivity contribution in [3.8, 4) is 0 Å². The topological polar surface area (TPSA) is 40.5 Å². The highest BCUT2D eigenvalue weighted by atomic mass is 16.3. The van der Waals surface area contributed by atoms with E-state index in [2.05, 4.69) is 26.0 Å². The summed E-state index contributed by atoms with van der Waals surface area (Å²) in [5.41, 5.74) is 1.24. The molecule has 3 heteroatoms. The van der Waals surface area contributed by atoms with E-state index in [9.17, 15) is 9.90 Å². The molecule has 1 aromatic rings. The summed E-state index contributed by atoms with van der Waals surface area (Å²) in [6.07, 6.45) is 5.73. The number of nitrogens with zero attached hydrogens (tertiary/aromatic N) is 1. The maximum Gasteiger partial charge on any atom is 0.254 e. The molecule has 0 spiro atoms. The summed E-state index contributed by atoms with van der Waals surface area (Å²) in [4.78, 5) is 14.6. The molecule has 1 N–H and O–H groups in total. The number of carbonyl (C=O) groups excluding carboxylic acids is 1. The lowest BCUT2D eigenvalue weighted by Crippen LogP contribution is -2.39. The zero-order valence-corrected chi connectivity index (χ0v) is 14.0. The van der Waals surface area contributed by atoms with Crippen molar-refractivity contribution in [2.45, 2.75) is 52.2 Å². The van der Waals surface area contributed by atoms with Crippen molar-refractivity contribution in [1.29, 1.82) is 0 Å². The van der Waals surface area contributed by atoms with Gasteiger partial charge in [0, 0.05) is 12.1 Å². The Labute approximate surface area is 133 Å². The smallest absolute Gasteiger partial charge is 0.254 e. The molecule has 1 heterocycles. The molecule has 22 heavy (non-hydrogen) atoms. The first-order valence-electron chi connectivity index (χ1n) is 8.07. The minimum absolute atomic E-state index is 0.0951. The molecule has 0 aliphatic carbocycles. The van der Waals surface area contributed by atoms with Crippen LogP contribution in [0.3, 0.4) is 0 Å². The zero-order chi connectivity index (χ0) is 16.3. The van der Waals surface area contributed by atoms with Gasteiger partial charge in [-0.1, -0.05) is 38.1 Å². The Morgan fingerprint density at radius 2 is 1.95 bits per heavy atom. The van der Waals surface area contributed by atoms with Gasteiger partial charge in [0.1, 0.15) is 0 Å². The van der Waals surface area contributed by atoms with E-state index in [1.807, 2.05) is 43.0 Å². The highest BCUT2D eigenvalue weighted by Crippen LogP contribution is 2.21. The first kappa shape index (κ1) is 16.8. The van der Waals surface area contributed by atoms with Crippen LogP contribution >= 0.6 is 0 Å². The van der Waals surface area contributed by atoms with E-state index in [0.29, 0.717) is 18.9 Å². The van der Waals surface area contributed by atoms with Crippen molar-refractivity contribution in [3.05, 3.63) is 47.5 Å². The van der Waals surface area contributed by atoms with Gasteiger partial charge in [0.05, 0.1) is 11.6 Å². The van der Waals surface area contributed by atoms with Gasteiger partial charge in [0.25, 0.3) is 5.91 Å². The lowest BCUT2D eigenvalue weighted by atomic mass is 9.98. The van der Waals surface area contributed by atoms with Crippen molar-refractivity contribution >= 4 is 5.91 Å². The van der Waals surface area contributed by atoms with Crippen LogP contribution in [0.1, 0.15) is 50.0 Å². The lowest BCUT2D eigenvalue weighted by molar-refractivity contribution is 0.0707. The molecule has 0 saturated carbocycles. The molecule has 120 valence electrons. The predicted octanol–water partition coefficient (Wildman–Crippen LogP) is 3.43. The summed E-state index contributed by atoms with van der Waals surface area (Å²) in [7, 11) is 0. The van der Waals surface area contributed by atoms with Crippen LogP contribution in [0.5, 0.6) is 0 Å². The SMILES string of the molecule is CC(C)[C@H]1C=CCN1C(=O)c1ccc(CCC(C)(C)O)cc1. The highest BCUT2D eigenvalue weighted by Gasteiger charge is 2.27. The molecule has 2 rings (SSSR count). The monoisotopic (exact) mass is 301 g/mol. The standard InChI is InChI=1S/C19H27NO2/c1-14(2)17-6-5-13-20(17)18(21)16-9-7-15(8-10-16)11-12-19(3,4)22/h5-10,14,17,22H,11-13H2,1-4H3/t17-/m1/s1. The summed E-state index contributed by atoms with van der Waals surface area (Å²) in [5, 5.41) is 9.78. The van der Waals surface area contributed by atoms with Crippen LogP contribution < -0.4 is 0 Å². The maximum atomic E-state index is 12.6. The van der Waals surface area contributed by atoms with Crippen LogP contribution in [0.15, 0.2) is 36.4 Å². The molecule has 0 saturated heterocycles. The predicted molar refractivity (Wildman–Crippen MR) is 89.9 cm³/mol. The quantitative estimate of drug-likeness (QED) is 0.847. The van der Waals surface area contributed by atoms with Crippen molar-refractivity contribution < 1.29 is 9.90 Å². The summed E-state index contributed by atoms with van der Waals surface area (Å²) < 4.78 is 0. The van der Waals surface area contributed by atoms with Gasteiger partial charge in [0.15, 0.2) is 0 Å². The van der Waals surface area contributed by atoms with Crippen LogP contribution in [0.25, 0.3) is 0 Å². The van der Waals surface area contributed by atoms with Gasteiger partial charge in [-0.3, -0.25) is 4.79 Å². The van der Waals surface area contributed by atoms with E-state index in [1.165, 1.54) is 0 Å². The molecule has 1 aliphatic rings. The molecule has 3 nitrogen and oxygen atoms in total. The van der Waals surface area contributed by atoms with Gasteiger partial charge in [-0.15, -0.1) is 0 Å². The molecule has 0 radical (unpaired) electrons. The molecule has 0 unspecified atom stereocenters. The summed E-state index contributed by atoms with van der Waals surface area (Å²) in [6.45, 7) is 8.61. The van der Waals surface area contributed by atoms with Crippen molar-refractivity contribution in [1.82, 2.24) is 4.90 Å². The minimum Gasteiger partial charge on any atom is -0.390 e. The number of aryl methyl sites for hydroxylation is 1. The second-order valence-electron chi connectivity index (χ2n) is 7.13. The second kappa shape index (κ2) is 6.66. The Bertz CT molecular complexity index is 538. The van der Waals surface area contributed by atoms with Crippen LogP contribution in [-0.4, -0.2) is 34.1 Å². The molecule has 0 fully saturated rings. The second-order valence-corrected chi connectivity index (χ2v) is 7.13. The fourth-order valence-corrected chi connectivity index (χ4v) is 2.77. The van der Waals surface area contributed by atoms with E-state index in [-0.39, 0.29) is 11.9 Å². The number of rotatable bonds is 5. The van der Waals surface area contributed by atoms with Gasteiger partial charge in [-0.25, -0.2) is 0 Å². The molecule has 1 atom stereocenters. The van der Waals surface area contributed by atoms with E-state index >= 15 is 0 Å². The van der Waals surface area contributed by atoms with Gasteiger partial charge >= 0.3 is 0 Å². The number of benzene rings is 1. The van der Waals surface area contributed by atoms with E-state index < -0.39 is 5.60 Å².